The van der Waals surface area contributed by atoms with Crippen molar-refractivity contribution in [3.63, 3.8) is 0 Å². The van der Waals surface area contributed by atoms with E-state index in [-0.39, 0.29) is 28.9 Å². The first kappa shape index (κ1) is 22.8. The van der Waals surface area contributed by atoms with Crippen LogP contribution >= 0.6 is 0 Å². The van der Waals surface area contributed by atoms with Gasteiger partial charge in [0.1, 0.15) is 16.4 Å². The summed E-state index contributed by atoms with van der Waals surface area (Å²) >= 11 is 0. The van der Waals surface area contributed by atoms with Gasteiger partial charge in [0.05, 0.1) is 5.52 Å². The topological polar surface area (TPSA) is 122 Å². The molecule has 5 rings (SSSR count). The predicted octanol–water partition coefficient (Wildman–Crippen LogP) is 3.08. The predicted molar refractivity (Wildman–Crippen MR) is 129 cm³/mol. The number of hydrogen-bond donors (Lipinski definition) is 3. The number of sulfonamides is 1. The van der Waals surface area contributed by atoms with Crippen molar-refractivity contribution in [3.05, 3.63) is 48.5 Å². The molecule has 1 aliphatic carbocycles. The molecule has 2 heterocycles. The highest BCUT2D eigenvalue weighted by molar-refractivity contribution is 7.89. The number of nitrogens with one attached hydrogen (secondary N) is 1. The Morgan fingerprint density at radius 2 is 1.59 bits per heavy atom. The van der Waals surface area contributed by atoms with Gasteiger partial charge < -0.3 is 10.2 Å². The van der Waals surface area contributed by atoms with Crippen LogP contribution in [-0.4, -0.2) is 65.3 Å². The number of benzene rings is 2. The molecule has 0 bridgehead atoms. The van der Waals surface area contributed by atoms with E-state index < -0.39 is 10.0 Å². The lowest BCUT2D eigenvalue weighted by atomic mass is 10.2. The molecule has 2 aliphatic rings. The minimum Gasteiger partial charge on any atom is -0.367 e. The minimum atomic E-state index is -3.91. The average Bonchev–Trinajstić information content (AvgIpc) is 3.37. The van der Waals surface area contributed by atoms with Crippen molar-refractivity contribution >= 4 is 38.4 Å². The number of piperazine rings is 1. The second-order valence-corrected chi connectivity index (χ2v) is 10.6. The van der Waals surface area contributed by atoms with Crippen molar-refractivity contribution in [3.8, 4) is 0 Å². The third-order valence-corrected chi connectivity index (χ3v) is 8.45. The standard InChI is InChI=1S/C23H28N6O4S/c30-29(31)20-11-5-6-12-21(20)34(32,33)28-15-13-27(14-16-28)23-25-19-10-4-3-9-18(19)22(26-23)24-17-7-1-2-8-17/h3-6,9-12,17,30-31H,1-2,7-8,13-16H2,(H,24,25,26). The summed E-state index contributed by atoms with van der Waals surface area (Å²) in [5, 5.41) is 23.3. The Kier molecular flexibility index (Phi) is 6.26. The lowest BCUT2D eigenvalue weighted by Crippen LogP contribution is -2.49. The molecule has 0 amide bonds. The van der Waals surface area contributed by atoms with Crippen LogP contribution in [0.5, 0.6) is 0 Å². The highest BCUT2D eigenvalue weighted by Gasteiger charge is 2.32. The second-order valence-electron chi connectivity index (χ2n) is 8.66. The van der Waals surface area contributed by atoms with Crippen LogP contribution in [-0.2, 0) is 10.0 Å². The van der Waals surface area contributed by atoms with Crippen molar-refractivity contribution in [2.75, 3.05) is 41.6 Å². The van der Waals surface area contributed by atoms with Crippen molar-refractivity contribution in [1.29, 1.82) is 0 Å². The number of para-hydroxylation sites is 2. The van der Waals surface area contributed by atoms with Crippen LogP contribution in [0.2, 0.25) is 0 Å². The van der Waals surface area contributed by atoms with Crippen molar-refractivity contribution in [1.82, 2.24) is 14.3 Å². The Bertz CT molecular complexity index is 1270. The van der Waals surface area contributed by atoms with E-state index in [2.05, 4.69) is 5.32 Å². The number of anilines is 3. The molecule has 3 N–H and O–H groups in total. The molecule has 0 radical (unpaired) electrons. The van der Waals surface area contributed by atoms with Gasteiger partial charge in [-0.3, -0.25) is 10.4 Å². The molecular weight excluding hydrogens is 456 g/mol. The number of nitrogens with zero attached hydrogens (tertiary/aromatic N) is 5. The zero-order chi connectivity index (χ0) is 23.7. The number of fused-ring (bicyclic) bond motifs is 1. The molecule has 2 aromatic carbocycles. The molecule has 1 saturated heterocycles. The molecule has 10 nitrogen and oxygen atoms in total. The Hall–Kier alpha value is -2.99. The van der Waals surface area contributed by atoms with Gasteiger partial charge in [0.15, 0.2) is 0 Å². The van der Waals surface area contributed by atoms with Crippen LogP contribution in [0.3, 0.4) is 0 Å². The van der Waals surface area contributed by atoms with Crippen LogP contribution in [0.1, 0.15) is 25.7 Å². The van der Waals surface area contributed by atoms with Gasteiger partial charge in [-0.1, -0.05) is 37.1 Å². The molecule has 0 unspecified atom stereocenters. The van der Waals surface area contributed by atoms with Crippen LogP contribution in [0.25, 0.3) is 10.9 Å². The monoisotopic (exact) mass is 484 g/mol. The van der Waals surface area contributed by atoms with Crippen LogP contribution < -0.4 is 15.4 Å². The molecule has 3 aromatic rings. The fourth-order valence-electron chi connectivity index (χ4n) is 4.69. The first-order valence-corrected chi connectivity index (χ1v) is 12.9. The van der Waals surface area contributed by atoms with Gasteiger partial charge in [-0.05, 0) is 37.1 Å². The minimum absolute atomic E-state index is 0.154. The Morgan fingerprint density at radius 1 is 0.912 bits per heavy atom. The van der Waals surface area contributed by atoms with Crippen molar-refractivity contribution in [2.45, 2.75) is 36.6 Å². The molecule has 1 saturated carbocycles. The van der Waals surface area contributed by atoms with E-state index in [0.29, 0.717) is 25.1 Å². The van der Waals surface area contributed by atoms with E-state index in [1.54, 1.807) is 12.1 Å². The molecule has 2 fully saturated rings. The SMILES string of the molecule is O=S(=O)(c1ccccc1N(O)O)N1CCN(c2nc(NC3CCCC3)c3ccccc3n2)CC1. The van der Waals surface area contributed by atoms with Gasteiger partial charge in [0.2, 0.25) is 16.0 Å². The molecule has 0 atom stereocenters. The molecule has 1 aromatic heterocycles. The zero-order valence-electron chi connectivity index (χ0n) is 18.7. The first-order chi connectivity index (χ1) is 16.4. The summed E-state index contributed by atoms with van der Waals surface area (Å²) in [5.74, 6) is 1.40. The summed E-state index contributed by atoms with van der Waals surface area (Å²) in [6, 6.07) is 14.1. The van der Waals surface area contributed by atoms with Crippen LogP contribution in [0, 0.1) is 0 Å². The van der Waals surface area contributed by atoms with E-state index in [4.69, 9.17) is 9.97 Å². The lowest BCUT2D eigenvalue weighted by molar-refractivity contribution is 0.0275. The fraction of sp³-hybridized carbons (Fsp3) is 0.391. The van der Waals surface area contributed by atoms with E-state index >= 15 is 0 Å². The highest BCUT2D eigenvalue weighted by Crippen LogP contribution is 2.30. The van der Waals surface area contributed by atoms with E-state index in [0.717, 1.165) is 29.6 Å². The summed E-state index contributed by atoms with van der Waals surface area (Å²) in [7, 11) is -3.91. The third-order valence-electron chi connectivity index (χ3n) is 6.51. The van der Waals surface area contributed by atoms with Gasteiger partial charge in [0.25, 0.3) is 0 Å². The van der Waals surface area contributed by atoms with E-state index in [1.165, 1.54) is 29.3 Å². The average molecular weight is 485 g/mol. The Morgan fingerprint density at radius 3 is 2.32 bits per heavy atom. The van der Waals surface area contributed by atoms with Gasteiger partial charge in [0, 0.05) is 37.6 Å². The van der Waals surface area contributed by atoms with Gasteiger partial charge in [-0.25, -0.2) is 13.4 Å². The molecule has 1 aliphatic heterocycles. The summed E-state index contributed by atoms with van der Waals surface area (Å²) in [4.78, 5) is 11.4. The summed E-state index contributed by atoms with van der Waals surface area (Å²) in [6.45, 7) is 1.30. The largest absolute Gasteiger partial charge is 0.367 e. The maximum absolute atomic E-state index is 13.2. The molecular formula is C23H28N6O4S. The summed E-state index contributed by atoms with van der Waals surface area (Å²) < 4.78 is 27.7. The molecule has 34 heavy (non-hydrogen) atoms. The highest BCUT2D eigenvalue weighted by atomic mass is 32.2. The van der Waals surface area contributed by atoms with Gasteiger partial charge in [-0.2, -0.15) is 9.29 Å². The van der Waals surface area contributed by atoms with Crippen LogP contribution in [0.15, 0.2) is 53.4 Å². The quantitative estimate of drug-likeness (QED) is 0.453. The zero-order valence-corrected chi connectivity index (χ0v) is 19.5. The smallest absolute Gasteiger partial charge is 0.245 e. The third kappa shape index (κ3) is 4.39. The number of aromatic nitrogens is 2. The maximum atomic E-state index is 13.2. The molecule has 11 heteroatoms. The van der Waals surface area contributed by atoms with Crippen molar-refractivity contribution in [2.24, 2.45) is 0 Å². The van der Waals surface area contributed by atoms with Gasteiger partial charge >= 0.3 is 0 Å². The Labute approximate surface area is 198 Å². The molecule has 0 spiro atoms. The van der Waals surface area contributed by atoms with Gasteiger partial charge in [-0.15, -0.1) is 5.23 Å². The molecule has 180 valence electrons. The normalized spacial score (nSPS) is 17.9. The maximum Gasteiger partial charge on any atom is 0.245 e. The van der Waals surface area contributed by atoms with E-state index in [9.17, 15) is 18.8 Å². The van der Waals surface area contributed by atoms with Crippen LogP contribution in [0.4, 0.5) is 17.5 Å². The summed E-state index contributed by atoms with van der Waals surface area (Å²) in [6.07, 6.45) is 4.70. The van der Waals surface area contributed by atoms with E-state index in [1.807, 2.05) is 29.2 Å². The lowest BCUT2D eigenvalue weighted by Gasteiger charge is -2.34. The van der Waals surface area contributed by atoms with Crippen molar-refractivity contribution < 1.29 is 18.8 Å². The second kappa shape index (κ2) is 9.34. The fourth-order valence-corrected chi connectivity index (χ4v) is 6.27. The summed E-state index contributed by atoms with van der Waals surface area (Å²) in [5.41, 5.74) is 0.661. The first-order valence-electron chi connectivity index (χ1n) is 11.5. The number of rotatable bonds is 6. The number of hydrogen-bond acceptors (Lipinski definition) is 9. The Balaban J connectivity index is 1.37.